The number of benzene rings is 1. The van der Waals surface area contributed by atoms with Crippen molar-refractivity contribution >= 4 is 17.7 Å². The van der Waals surface area contributed by atoms with E-state index in [1.807, 2.05) is 12.1 Å². The van der Waals surface area contributed by atoms with Gasteiger partial charge in [-0.1, -0.05) is 19.1 Å². The normalized spacial score (nSPS) is 15.1. The standard InChI is InChI=1S/C15H20N2O3/c1-10(14(18)19)9-16-15(20)17-13-8-4-6-11-5-2-3-7-12(11)13/h4,6,8,10H,2-3,5,7,9H2,1H3,(H,18,19)(H2,16,17,20). The Labute approximate surface area is 118 Å². The summed E-state index contributed by atoms with van der Waals surface area (Å²) in [6.45, 7) is 1.68. The summed E-state index contributed by atoms with van der Waals surface area (Å²) in [5.41, 5.74) is 3.34. The SMILES string of the molecule is CC(CNC(=O)Nc1cccc2c1CCCC2)C(=O)O. The minimum Gasteiger partial charge on any atom is -0.481 e. The van der Waals surface area contributed by atoms with Crippen LogP contribution in [0, 0.1) is 5.92 Å². The van der Waals surface area contributed by atoms with Gasteiger partial charge in [-0.25, -0.2) is 4.79 Å². The van der Waals surface area contributed by atoms with Crippen molar-refractivity contribution in [2.45, 2.75) is 32.6 Å². The summed E-state index contributed by atoms with van der Waals surface area (Å²) >= 11 is 0. The van der Waals surface area contributed by atoms with Crippen LogP contribution in [-0.2, 0) is 17.6 Å². The lowest BCUT2D eigenvalue weighted by atomic mass is 9.90. The molecule has 2 amide bonds. The Kier molecular flexibility index (Phi) is 4.61. The summed E-state index contributed by atoms with van der Waals surface area (Å²) < 4.78 is 0. The fraction of sp³-hybridized carbons (Fsp3) is 0.467. The van der Waals surface area contributed by atoms with Crippen molar-refractivity contribution < 1.29 is 14.7 Å². The molecule has 5 heteroatoms. The molecule has 0 spiro atoms. The molecule has 0 aliphatic heterocycles. The maximum Gasteiger partial charge on any atom is 0.319 e. The van der Waals surface area contributed by atoms with Crippen molar-refractivity contribution in [1.29, 1.82) is 0 Å². The molecule has 0 saturated heterocycles. The van der Waals surface area contributed by atoms with Gasteiger partial charge in [0, 0.05) is 12.2 Å². The maximum absolute atomic E-state index is 11.8. The van der Waals surface area contributed by atoms with Crippen LogP contribution in [-0.4, -0.2) is 23.7 Å². The fourth-order valence-electron chi connectivity index (χ4n) is 2.40. The van der Waals surface area contributed by atoms with Gasteiger partial charge in [-0.3, -0.25) is 4.79 Å². The zero-order chi connectivity index (χ0) is 14.5. The number of aryl methyl sites for hydroxylation is 1. The molecule has 108 valence electrons. The molecule has 0 aromatic heterocycles. The van der Waals surface area contributed by atoms with E-state index in [4.69, 9.17) is 5.11 Å². The van der Waals surface area contributed by atoms with E-state index < -0.39 is 11.9 Å². The molecule has 0 bridgehead atoms. The van der Waals surface area contributed by atoms with E-state index in [0.29, 0.717) is 0 Å². The summed E-state index contributed by atoms with van der Waals surface area (Å²) in [7, 11) is 0. The van der Waals surface area contributed by atoms with Gasteiger partial charge in [0.2, 0.25) is 0 Å². The van der Waals surface area contributed by atoms with Gasteiger partial charge in [0.05, 0.1) is 5.92 Å². The zero-order valence-corrected chi connectivity index (χ0v) is 11.6. The number of urea groups is 1. The Morgan fingerprint density at radius 3 is 2.80 bits per heavy atom. The van der Waals surface area contributed by atoms with Crippen LogP contribution in [0.25, 0.3) is 0 Å². The molecule has 20 heavy (non-hydrogen) atoms. The van der Waals surface area contributed by atoms with Gasteiger partial charge in [-0.15, -0.1) is 0 Å². The number of rotatable bonds is 4. The van der Waals surface area contributed by atoms with Gasteiger partial charge in [0.15, 0.2) is 0 Å². The van der Waals surface area contributed by atoms with Crippen LogP contribution in [0.4, 0.5) is 10.5 Å². The van der Waals surface area contributed by atoms with Crippen LogP contribution in [0.1, 0.15) is 30.9 Å². The van der Waals surface area contributed by atoms with Crippen molar-refractivity contribution in [3.05, 3.63) is 29.3 Å². The third kappa shape index (κ3) is 3.50. The van der Waals surface area contributed by atoms with Crippen molar-refractivity contribution in [2.24, 2.45) is 5.92 Å². The van der Waals surface area contributed by atoms with Gasteiger partial charge in [-0.2, -0.15) is 0 Å². The predicted molar refractivity (Wildman–Crippen MR) is 76.9 cm³/mol. The van der Waals surface area contributed by atoms with Crippen LogP contribution in [0.2, 0.25) is 0 Å². The average molecular weight is 276 g/mol. The van der Waals surface area contributed by atoms with E-state index in [2.05, 4.69) is 16.7 Å². The number of nitrogens with one attached hydrogen (secondary N) is 2. The number of hydrogen-bond donors (Lipinski definition) is 3. The maximum atomic E-state index is 11.8. The first-order valence-corrected chi connectivity index (χ1v) is 6.96. The summed E-state index contributed by atoms with van der Waals surface area (Å²) in [4.78, 5) is 22.5. The molecule has 1 aliphatic rings. The second kappa shape index (κ2) is 6.41. The number of anilines is 1. The van der Waals surface area contributed by atoms with Crippen molar-refractivity contribution in [1.82, 2.24) is 5.32 Å². The average Bonchev–Trinajstić information content (AvgIpc) is 2.45. The fourth-order valence-corrected chi connectivity index (χ4v) is 2.40. The Hall–Kier alpha value is -2.04. The molecule has 1 aromatic carbocycles. The second-order valence-electron chi connectivity index (χ2n) is 5.22. The number of fused-ring (bicyclic) bond motifs is 1. The minimum absolute atomic E-state index is 0.121. The lowest BCUT2D eigenvalue weighted by molar-refractivity contribution is -0.140. The highest BCUT2D eigenvalue weighted by Gasteiger charge is 2.15. The molecule has 5 nitrogen and oxygen atoms in total. The summed E-state index contributed by atoms with van der Waals surface area (Å²) in [5.74, 6) is -1.51. The van der Waals surface area contributed by atoms with Gasteiger partial charge < -0.3 is 15.7 Å². The number of hydrogen-bond acceptors (Lipinski definition) is 2. The molecular weight excluding hydrogens is 256 g/mol. The van der Waals surface area contributed by atoms with E-state index in [0.717, 1.165) is 24.9 Å². The quantitative estimate of drug-likeness (QED) is 0.790. The van der Waals surface area contributed by atoms with Crippen molar-refractivity contribution in [2.75, 3.05) is 11.9 Å². The van der Waals surface area contributed by atoms with E-state index >= 15 is 0 Å². The third-order valence-electron chi connectivity index (χ3n) is 3.63. The van der Waals surface area contributed by atoms with Crippen LogP contribution in [0.15, 0.2) is 18.2 Å². The molecule has 0 saturated carbocycles. The Balaban J connectivity index is 1.96. The highest BCUT2D eigenvalue weighted by Crippen LogP contribution is 2.27. The van der Waals surface area contributed by atoms with E-state index in [9.17, 15) is 9.59 Å². The molecule has 0 radical (unpaired) electrons. The van der Waals surface area contributed by atoms with Crippen LogP contribution < -0.4 is 10.6 Å². The Bertz CT molecular complexity index is 514. The topological polar surface area (TPSA) is 78.4 Å². The molecule has 1 aliphatic carbocycles. The molecule has 2 rings (SSSR count). The number of carbonyl (C=O) groups excluding carboxylic acids is 1. The van der Waals surface area contributed by atoms with E-state index in [1.54, 1.807) is 6.92 Å². The summed E-state index contributed by atoms with van der Waals surface area (Å²) in [6.07, 6.45) is 4.38. The highest BCUT2D eigenvalue weighted by molar-refractivity contribution is 5.90. The smallest absolute Gasteiger partial charge is 0.319 e. The molecular formula is C15H20N2O3. The molecule has 0 fully saturated rings. The zero-order valence-electron chi connectivity index (χ0n) is 11.6. The van der Waals surface area contributed by atoms with Crippen LogP contribution >= 0.6 is 0 Å². The molecule has 1 atom stereocenters. The third-order valence-corrected chi connectivity index (χ3v) is 3.63. The number of carbonyl (C=O) groups is 2. The monoisotopic (exact) mass is 276 g/mol. The lowest BCUT2D eigenvalue weighted by Crippen LogP contribution is -2.35. The number of amides is 2. The Morgan fingerprint density at radius 1 is 1.30 bits per heavy atom. The van der Waals surface area contributed by atoms with Gasteiger partial charge in [0.1, 0.15) is 0 Å². The van der Waals surface area contributed by atoms with Crippen LogP contribution in [0.5, 0.6) is 0 Å². The minimum atomic E-state index is -0.914. The van der Waals surface area contributed by atoms with Crippen LogP contribution in [0.3, 0.4) is 0 Å². The first-order chi connectivity index (χ1) is 9.58. The largest absolute Gasteiger partial charge is 0.481 e. The molecule has 3 N–H and O–H groups in total. The first-order valence-electron chi connectivity index (χ1n) is 6.96. The predicted octanol–water partition coefficient (Wildman–Crippen LogP) is 2.41. The first kappa shape index (κ1) is 14.4. The van der Waals surface area contributed by atoms with E-state index in [-0.39, 0.29) is 12.6 Å². The highest BCUT2D eigenvalue weighted by atomic mass is 16.4. The second-order valence-corrected chi connectivity index (χ2v) is 5.22. The van der Waals surface area contributed by atoms with Gasteiger partial charge >= 0.3 is 12.0 Å². The Morgan fingerprint density at radius 2 is 2.05 bits per heavy atom. The summed E-state index contributed by atoms with van der Waals surface area (Å²) in [6, 6.07) is 5.59. The number of aliphatic carboxylic acids is 1. The van der Waals surface area contributed by atoms with Crippen molar-refractivity contribution in [3.8, 4) is 0 Å². The molecule has 1 unspecified atom stereocenters. The van der Waals surface area contributed by atoms with E-state index in [1.165, 1.54) is 17.5 Å². The summed E-state index contributed by atoms with van der Waals surface area (Å²) in [5, 5.41) is 14.2. The number of carboxylic acids is 1. The number of carboxylic acid groups (broad SMARTS) is 1. The molecule has 1 aromatic rings. The van der Waals surface area contributed by atoms with Crippen molar-refractivity contribution in [3.63, 3.8) is 0 Å². The molecule has 0 heterocycles. The van der Waals surface area contributed by atoms with Gasteiger partial charge in [0.25, 0.3) is 0 Å². The lowest BCUT2D eigenvalue weighted by Gasteiger charge is -2.20. The van der Waals surface area contributed by atoms with Gasteiger partial charge in [-0.05, 0) is 42.9 Å².